The molecular weight excluding hydrogens is 458 g/mol. The van der Waals surface area contributed by atoms with E-state index < -0.39 is 17.7 Å². The number of carbonyl (C=O) groups is 3. The van der Waals surface area contributed by atoms with Crippen LogP contribution >= 0.6 is 11.3 Å². The third kappa shape index (κ3) is 6.23. The number of ketones is 1. The molecule has 8 nitrogen and oxygen atoms in total. The van der Waals surface area contributed by atoms with Crippen LogP contribution in [-0.2, 0) is 20.7 Å². The Kier molecular flexibility index (Phi) is 9.83. The second kappa shape index (κ2) is 12.6. The molecule has 0 aliphatic carbocycles. The summed E-state index contributed by atoms with van der Waals surface area (Å²) in [6.07, 6.45) is 1.20. The second-order valence-corrected chi connectivity index (χ2v) is 8.01. The van der Waals surface area contributed by atoms with Gasteiger partial charge in [-0.1, -0.05) is 6.07 Å². The number of thiophene rings is 1. The molecule has 0 radical (unpaired) electrons. The molecule has 0 aliphatic heterocycles. The summed E-state index contributed by atoms with van der Waals surface area (Å²) in [6.45, 7) is 7.52. The number of benzene rings is 1. The highest BCUT2D eigenvalue weighted by atomic mass is 32.1. The van der Waals surface area contributed by atoms with Crippen LogP contribution < -0.4 is 9.47 Å². The topological polar surface area (TPSA) is 112 Å². The van der Waals surface area contributed by atoms with Crippen LogP contribution in [-0.4, -0.2) is 44.7 Å². The molecule has 0 unspecified atom stereocenters. The van der Waals surface area contributed by atoms with Gasteiger partial charge in [0.05, 0.1) is 38.1 Å². The van der Waals surface area contributed by atoms with Crippen molar-refractivity contribution in [2.75, 3.05) is 26.9 Å². The molecule has 0 N–H and O–H groups in total. The first kappa shape index (κ1) is 26.6. The molecule has 2 rings (SSSR count). The lowest BCUT2D eigenvalue weighted by atomic mass is 10.0. The van der Waals surface area contributed by atoms with E-state index in [-0.39, 0.29) is 35.6 Å². The molecule has 1 aromatic heterocycles. The average Bonchev–Trinajstić information content (AvgIpc) is 3.13. The van der Waals surface area contributed by atoms with Crippen molar-refractivity contribution in [1.82, 2.24) is 0 Å². The molecule has 9 heteroatoms. The number of ether oxygens (including phenoxy) is 4. The summed E-state index contributed by atoms with van der Waals surface area (Å²) in [5.74, 6) is -0.691. The van der Waals surface area contributed by atoms with Crippen molar-refractivity contribution >= 4 is 35.1 Å². The van der Waals surface area contributed by atoms with E-state index >= 15 is 0 Å². The van der Waals surface area contributed by atoms with Crippen LogP contribution in [0.4, 0.5) is 0 Å². The smallest absolute Gasteiger partial charge is 0.348 e. The molecule has 1 heterocycles. The zero-order chi connectivity index (χ0) is 25.3. The molecule has 180 valence electrons. The lowest BCUT2D eigenvalue weighted by Crippen LogP contribution is -2.12. The quantitative estimate of drug-likeness (QED) is 0.259. The van der Waals surface area contributed by atoms with Gasteiger partial charge in [-0.3, -0.25) is 4.79 Å². The predicted molar refractivity (Wildman–Crippen MR) is 127 cm³/mol. The minimum absolute atomic E-state index is 0.105. The Morgan fingerprint density at radius 1 is 1.03 bits per heavy atom. The molecule has 0 amide bonds. The van der Waals surface area contributed by atoms with E-state index in [4.69, 9.17) is 18.9 Å². The van der Waals surface area contributed by atoms with E-state index in [1.165, 1.54) is 13.2 Å². The molecule has 0 saturated heterocycles. The molecule has 34 heavy (non-hydrogen) atoms. The Labute approximate surface area is 202 Å². The Hall–Kier alpha value is -3.64. The SMILES string of the molecule is CCOC(=O)c1sc(CC(=O)/C(C#N)=C/c2ccc(OC)c(OCC)c2)c(C(=O)OCC)c1C. The van der Waals surface area contributed by atoms with Gasteiger partial charge in [0.25, 0.3) is 0 Å². The summed E-state index contributed by atoms with van der Waals surface area (Å²) in [6, 6.07) is 6.98. The van der Waals surface area contributed by atoms with Crippen LogP contribution in [0.5, 0.6) is 11.5 Å². The number of Topliss-reactive ketones (excluding diaryl/α,β-unsaturated/α-hetero) is 1. The van der Waals surface area contributed by atoms with Gasteiger partial charge >= 0.3 is 11.9 Å². The van der Waals surface area contributed by atoms with Gasteiger partial charge < -0.3 is 18.9 Å². The Morgan fingerprint density at radius 3 is 2.29 bits per heavy atom. The minimum atomic E-state index is -0.631. The number of rotatable bonds is 11. The van der Waals surface area contributed by atoms with Crippen molar-refractivity contribution in [1.29, 1.82) is 5.26 Å². The number of allylic oxidation sites excluding steroid dienone is 1. The first-order valence-corrected chi connectivity index (χ1v) is 11.5. The van der Waals surface area contributed by atoms with Gasteiger partial charge in [0.1, 0.15) is 10.9 Å². The van der Waals surface area contributed by atoms with Gasteiger partial charge in [0.15, 0.2) is 17.3 Å². The molecule has 0 spiro atoms. The normalized spacial score (nSPS) is 10.9. The zero-order valence-corrected chi connectivity index (χ0v) is 20.7. The van der Waals surface area contributed by atoms with E-state index in [9.17, 15) is 19.6 Å². The summed E-state index contributed by atoms with van der Waals surface area (Å²) in [5.41, 5.74) is 1.02. The van der Waals surface area contributed by atoms with Crippen molar-refractivity contribution in [3.63, 3.8) is 0 Å². The average molecular weight is 486 g/mol. The van der Waals surface area contributed by atoms with Gasteiger partial charge in [-0.25, -0.2) is 9.59 Å². The van der Waals surface area contributed by atoms with Crippen molar-refractivity contribution in [3.05, 3.63) is 50.2 Å². The number of methoxy groups -OCH3 is 1. The Morgan fingerprint density at radius 2 is 1.71 bits per heavy atom. The molecule has 0 aliphatic rings. The Bertz CT molecular complexity index is 1140. The largest absolute Gasteiger partial charge is 0.493 e. The maximum Gasteiger partial charge on any atom is 0.348 e. The van der Waals surface area contributed by atoms with E-state index in [0.29, 0.717) is 34.1 Å². The fourth-order valence-corrected chi connectivity index (χ4v) is 4.38. The van der Waals surface area contributed by atoms with E-state index in [2.05, 4.69) is 0 Å². The summed E-state index contributed by atoms with van der Waals surface area (Å²) in [4.78, 5) is 38.5. The fourth-order valence-electron chi connectivity index (χ4n) is 3.19. The summed E-state index contributed by atoms with van der Waals surface area (Å²) in [5, 5.41) is 9.63. The van der Waals surface area contributed by atoms with Crippen molar-refractivity contribution < 1.29 is 33.3 Å². The van der Waals surface area contributed by atoms with Crippen LogP contribution in [0.1, 0.15) is 56.8 Å². The number of nitriles is 1. The second-order valence-electron chi connectivity index (χ2n) is 6.91. The van der Waals surface area contributed by atoms with E-state index in [1.807, 2.05) is 13.0 Å². The van der Waals surface area contributed by atoms with Gasteiger partial charge in [-0.15, -0.1) is 11.3 Å². The van der Waals surface area contributed by atoms with Crippen molar-refractivity contribution in [3.8, 4) is 17.6 Å². The van der Waals surface area contributed by atoms with E-state index in [1.54, 1.807) is 39.0 Å². The summed E-state index contributed by atoms with van der Waals surface area (Å²) in [7, 11) is 1.52. The maximum atomic E-state index is 13.0. The molecule has 0 bridgehead atoms. The fraction of sp³-hybridized carbons (Fsp3) is 0.360. The number of esters is 2. The summed E-state index contributed by atoms with van der Waals surface area (Å²) >= 11 is 0.995. The highest BCUT2D eigenvalue weighted by molar-refractivity contribution is 7.14. The maximum absolute atomic E-state index is 13.0. The summed E-state index contributed by atoms with van der Waals surface area (Å²) < 4.78 is 21.0. The van der Waals surface area contributed by atoms with Gasteiger partial charge in [-0.2, -0.15) is 5.26 Å². The monoisotopic (exact) mass is 485 g/mol. The van der Waals surface area contributed by atoms with Crippen LogP contribution in [0.15, 0.2) is 23.8 Å². The third-order valence-corrected chi connectivity index (χ3v) is 5.97. The number of nitrogens with zero attached hydrogens (tertiary/aromatic N) is 1. The molecule has 0 saturated carbocycles. The lowest BCUT2D eigenvalue weighted by Gasteiger charge is -2.10. The standard InChI is InChI=1S/C25H27NO7S/c1-6-31-20-12-16(9-10-19(20)30-5)11-17(14-26)18(27)13-21-22(24(28)32-7-2)15(4)23(34-21)25(29)33-8-3/h9-12H,6-8,13H2,1-5H3/b17-11+. The molecule has 0 atom stereocenters. The van der Waals surface area contributed by atoms with Crippen molar-refractivity contribution in [2.45, 2.75) is 34.1 Å². The third-order valence-electron chi connectivity index (χ3n) is 4.70. The van der Waals surface area contributed by atoms with Crippen LogP contribution in [0.25, 0.3) is 6.08 Å². The van der Waals surface area contributed by atoms with Gasteiger partial charge in [-0.05, 0) is 57.0 Å². The predicted octanol–water partition coefficient (Wildman–Crippen LogP) is 4.54. The molecule has 0 fully saturated rings. The van der Waals surface area contributed by atoms with Crippen LogP contribution in [0, 0.1) is 18.3 Å². The van der Waals surface area contributed by atoms with Crippen LogP contribution in [0.2, 0.25) is 0 Å². The number of carbonyl (C=O) groups excluding carboxylic acids is 3. The van der Waals surface area contributed by atoms with Gasteiger partial charge in [0.2, 0.25) is 0 Å². The highest BCUT2D eigenvalue weighted by Crippen LogP contribution is 2.32. The van der Waals surface area contributed by atoms with Crippen LogP contribution in [0.3, 0.4) is 0 Å². The lowest BCUT2D eigenvalue weighted by molar-refractivity contribution is -0.114. The number of hydrogen-bond donors (Lipinski definition) is 0. The molecule has 1 aromatic carbocycles. The first-order valence-electron chi connectivity index (χ1n) is 10.7. The minimum Gasteiger partial charge on any atom is -0.493 e. The molecule has 2 aromatic rings. The first-order chi connectivity index (χ1) is 16.3. The highest BCUT2D eigenvalue weighted by Gasteiger charge is 2.28. The number of hydrogen-bond acceptors (Lipinski definition) is 9. The Balaban J connectivity index is 2.43. The van der Waals surface area contributed by atoms with Gasteiger partial charge in [0, 0.05) is 11.3 Å². The van der Waals surface area contributed by atoms with E-state index in [0.717, 1.165) is 11.3 Å². The zero-order valence-electron chi connectivity index (χ0n) is 19.9. The molecular formula is C25H27NO7S. The van der Waals surface area contributed by atoms with Crippen molar-refractivity contribution in [2.24, 2.45) is 0 Å².